The van der Waals surface area contributed by atoms with Crippen LogP contribution in [-0.2, 0) is 0 Å². The van der Waals surface area contributed by atoms with Crippen molar-refractivity contribution in [1.82, 2.24) is 0 Å². The van der Waals surface area contributed by atoms with Crippen molar-refractivity contribution in [3.63, 3.8) is 0 Å². The Hall–Kier alpha value is -3.02. The van der Waals surface area contributed by atoms with Crippen molar-refractivity contribution in [1.29, 1.82) is 0 Å². The highest BCUT2D eigenvalue weighted by Crippen LogP contribution is 2.34. The van der Waals surface area contributed by atoms with E-state index in [1.54, 1.807) is 12.1 Å². The van der Waals surface area contributed by atoms with E-state index in [9.17, 15) is 9.59 Å². The fourth-order valence-electron chi connectivity index (χ4n) is 2.31. The number of para-hydroxylation sites is 1. The molecule has 0 bridgehead atoms. The van der Waals surface area contributed by atoms with Gasteiger partial charge in [-0.15, -0.1) is 0 Å². The highest BCUT2D eigenvalue weighted by Gasteiger charge is 2.19. The SMILES string of the molecule is NC(=O)Nc1ccc2oc3ccccc3c2c1C(N)=O. The van der Waals surface area contributed by atoms with Gasteiger partial charge in [0.2, 0.25) is 0 Å². The van der Waals surface area contributed by atoms with E-state index in [4.69, 9.17) is 15.9 Å². The number of fused-ring (bicyclic) bond motifs is 3. The van der Waals surface area contributed by atoms with Gasteiger partial charge in [0.1, 0.15) is 11.2 Å². The van der Waals surface area contributed by atoms with Gasteiger partial charge in [-0.2, -0.15) is 0 Å². The summed E-state index contributed by atoms with van der Waals surface area (Å²) in [6.07, 6.45) is 0. The van der Waals surface area contributed by atoms with Crippen LogP contribution in [-0.4, -0.2) is 11.9 Å². The third kappa shape index (κ3) is 1.74. The average molecular weight is 269 g/mol. The topological polar surface area (TPSA) is 111 Å². The molecule has 6 heteroatoms. The number of hydrogen-bond donors (Lipinski definition) is 3. The molecule has 0 atom stereocenters. The highest BCUT2D eigenvalue weighted by molar-refractivity contribution is 6.20. The van der Waals surface area contributed by atoms with E-state index in [0.29, 0.717) is 16.6 Å². The lowest BCUT2D eigenvalue weighted by molar-refractivity contribution is 0.100. The fourth-order valence-corrected chi connectivity index (χ4v) is 2.31. The minimum absolute atomic E-state index is 0.186. The molecule has 0 unspecified atom stereocenters. The van der Waals surface area contributed by atoms with E-state index >= 15 is 0 Å². The minimum Gasteiger partial charge on any atom is -0.456 e. The monoisotopic (exact) mass is 269 g/mol. The number of rotatable bonds is 2. The Morgan fingerprint density at radius 2 is 1.75 bits per heavy atom. The summed E-state index contributed by atoms with van der Waals surface area (Å²) in [7, 11) is 0. The second-order valence-electron chi connectivity index (χ2n) is 4.31. The number of anilines is 1. The van der Waals surface area contributed by atoms with Gasteiger partial charge in [0.05, 0.1) is 11.3 Å². The van der Waals surface area contributed by atoms with Crippen molar-refractivity contribution in [2.75, 3.05) is 5.32 Å². The first-order valence-electron chi connectivity index (χ1n) is 5.88. The van der Waals surface area contributed by atoms with E-state index in [-0.39, 0.29) is 11.3 Å². The lowest BCUT2D eigenvalue weighted by Crippen LogP contribution is -2.22. The molecule has 0 saturated heterocycles. The van der Waals surface area contributed by atoms with Crippen molar-refractivity contribution in [3.05, 3.63) is 42.0 Å². The smallest absolute Gasteiger partial charge is 0.316 e. The fraction of sp³-hybridized carbons (Fsp3) is 0. The second-order valence-corrected chi connectivity index (χ2v) is 4.31. The average Bonchev–Trinajstić information content (AvgIpc) is 2.76. The van der Waals surface area contributed by atoms with Crippen LogP contribution in [0.2, 0.25) is 0 Å². The summed E-state index contributed by atoms with van der Waals surface area (Å²) in [5, 5.41) is 3.72. The minimum atomic E-state index is -0.764. The maximum atomic E-state index is 11.7. The van der Waals surface area contributed by atoms with E-state index in [0.717, 1.165) is 5.39 Å². The van der Waals surface area contributed by atoms with Gasteiger partial charge in [-0.25, -0.2) is 4.79 Å². The Kier molecular flexibility index (Phi) is 2.57. The van der Waals surface area contributed by atoms with Crippen LogP contribution in [0.15, 0.2) is 40.8 Å². The van der Waals surface area contributed by atoms with Gasteiger partial charge < -0.3 is 21.2 Å². The van der Waals surface area contributed by atoms with Crippen LogP contribution < -0.4 is 16.8 Å². The Bertz CT molecular complexity index is 851. The Balaban J connectivity index is 2.43. The number of hydrogen-bond acceptors (Lipinski definition) is 3. The van der Waals surface area contributed by atoms with Gasteiger partial charge in [0.15, 0.2) is 0 Å². The summed E-state index contributed by atoms with van der Waals surface area (Å²) in [5.41, 5.74) is 12.2. The van der Waals surface area contributed by atoms with Crippen molar-refractivity contribution in [2.45, 2.75) is 0 Å². The number of urea groups is 1. The van der Waals surface area contributed by atoms with Crippen LogP contribution in [0.5, 0.6) is 0 Å². The molecule has 0 saturated carbocycles. The standard InChI is InChI=1S/C14H11N3O3/c15-13(18)12-8(17-14(16)19)5-6-10-11(12)7-3-1-2-4-9(7)20-10/h1-6H,(H2,15,18)(H3,16,17,19). The molecule has 100 valence electrons. The summed E-state index contributed by atoms with van der Waals surface area (Å²) in [6, 6.07) is 9.71. The molecule has 20 heavy (non-hydrogen) atoms. The quantitative estimate of drug-likeness (QED) is 0.662. The number of nitrogens with two attached hydrogens (primary N) is 2. The van der Waals surface area contributed by atoms with Crippen molar-refractivity contribution < 1.29 is 14.0 Å². The number of amides is 3. The van der Waals surface area contributed by atoms with Crippen molar-refractivity contribution in [2.24, 2.45) is 11.5 Å². The lowest BCUT2D eigenvalue weighted by atomic mass is 10.0. The Morgan fingerprint density at radius 1 is 1.00 bits per heavy atom. The largest absolute Gasteiger partial charge is 0.456 e. The molecule has 3 aromatic rings. The lowest BCUT2D eigenvalue weighted by Gasteiger charge is -2.07. The van der Waals surface area contributed by atoms with Gasteiger partial charge in [-0.1, -0.05) is 18.2 Å². The summed E-state index contributed by atoms with van der Waals surface area (Å²) < 4.78 is 5.65. The van der Waals surface area contributed by atoms with Crippen LogP contribution in [0.3, 0.4) is 0 Å². The first kappa shape index (κ1) is 12.0. The van der Waals surface area contributed by atoms with Crippen LogP contribution in [0.1, 0.15) is 10.4 Å². The zero-order valence-electron chi connectivity index (χ0n) is 10.3. The summed E-state index contributed by atoms with van der Waals surface area (Å²) in [5.74, 6) is -0.661. The number of furan rings is 1. The zero-order chi connectivity index (χ0) is 14.3. The van der Waals surface area contributed by atoms with E-state index in [2.05, 4.69) is 5.32 Å². The molecule has 0 radical (unpaired) electrons. The number of primary amides is 2. The molecule has 1 heterocycles. The van der Waals surface area contributed by atoms with E-state index in [1.165, 1.54) is 6.07 Å². The zero-order valence-corrected chi connectivity index (χ0v) is 10.3. The van der Waals surface area contributed by atoms with Crippen LogP contribution in [0, 0.1) is 0 Å². The predicted molar refractivity (Wildman–Crippen MR) is 75.4 cm³/mol. The molecular weight excluding hydrogens is 258 g/mol. The molecule has 0 aliphatic heterocycles. The Labute approximate surface area is 113 Å². The number of benzene rings is 2. The van der Waals surface area contributed by atoms with Crippen LogP contribution >= 0.6 is 0 Å². The molecule has 5 N–H and O–H groups in total. The van der Waals surface area contributed by atoms with Gasteiger partial charge >= 0.3 is 6.03 Å². The molecule has 0 spiro atoms. The molecule has 0 aliphatic carbocycles. The molecule has 1 aromatic heterocycles. The highest BCUT2D eigenvalue weighted by atomic mass is 16.3. The molecule has 0 aliphatic rings. The predicted octanol–water partition coefficient (Wildman–Crippen LogP) is 2.18. The van der Waals surface area contributed by atoms with Crippen molar-refractivity contribution in [3.8, 4) is 0 Å². The number of nitrogens with one attached hydrogen (secondary N) is 1. The van der Waals surface area contributed by atoms with Gasteiger partial charge in [0.25, 0.3) is 5.91 Å². The molecule has 2 aromatic carbocycles. The molecular formula is C14H11N3O3. The third-order valence-corrected chi connectivity index (χ3v) is 3.05. The third-order valence-electron chi connectivity index (χ3n) is 3.05. The molecule has 0 fully saturated rings. The van der Waals surface area contributed by atoms with Crippen molar-refractivity contribution >= 4 is 39.6 Å². The first-order valence-corrected chi connectivity index (χ1v) is 5.88. The number of carbonyl (C=O) groups is 2. The summed E-state index contributed by atoms with van der Waals surface area (Å²) in [4.78, 5) is 22.8. The van der Waals surface area contributed by atoms with E-state index < -0.39 is 11.9 Å². The molecule has 3 rings (SSSR count). The van der Waals surface area contributed by atoms with Gasteiger partial charge in [-0.05, 0) is 18.2 Å². The maximum absolute atomic E-state index is 11.7. The van der Waals surface area contributed by atoms with E-state index in [1.807, 2.05) is 18.2 Å². The van der Waals surface area contributed by atoms with Gasteiger partial charge in [-0.3, -0.25) is 4.79 Å². The summed E-state index contributed by atoms with van der Waals surface area (Å²) >= 11 is 0. The first-order chi connectivity index (χ1) is 9.58. The normalized spacial score (nSPS) is 10.8. The summed E-state index contributed by atoms with van der Waals surface area (Å²) in [6.45, 7) is 0. The van der Waals surface area contributed by atoms with Gasteiger partial charge in [0, 0.05) is 10.8 Å². The molecule has 6 nitrogen and oxygen atoms in total. The Morgan fingerprint density at radius 3 is 2.45 bits per heavy atom. The second kappa shape index (κ2) is 4.27. The van der Waals surface area contributed by atoms with Crippen LogP contribution in [0.25, 0.3) is 21.9 Å². The maximum Gasteiger partial charge on any atom is 0.316 e. The molecule has 3 amide bonds. The number of carbonyl (C=O) groups excluding carboxylic acids is 2. The van der Waals surface area contributed by atoms with Crippen LogP contribution in [0.4, 0.5) is 10.5 Å².